The highest BCUT2D eigenvalue weighted by molar-refractivity contribution is 6.04. The van der Waals surface area contributed by atoms with Crippen LogP contribution >= 0.6 is 0 Å². The first-order chi connectivity index (χ1) is 10.1. The molecular weight excluding hydrogens is 260 g/mol. The van der Waals surface area contributed by atoms with Gasteiger partial charge < -0.3 is 5.11 Å². The highest BCUT2D eigenvalue weighted by Gasteiger charge is 2.14. The maximum absolute atomic E-state index is 11.5. The first-order valence-corrected chi connectivity index (χ1v) is 6.90. The molecule has 0 aliphatic rings. The molecule has 0 bridgehead atoms. The van der Waals surface area contributed by atoms with E-state index >= 15 is 0 Å². The second-order valence-electron chi connectivity index (χ2n) is 5.33. The van der Waals surface area contributed by atoms with Crippen molar-refractivity contribution in [3.8, 4) is 11.1 Å². The van der Waals surface area contributed by atoms with E-state index in [1.165, 1.54) is 5.56 Å². The summed E-state index contributed by atoms with van der Waals surface area (Å²) in [6.07, 6.45) is 0. The van der Waals surface area contributed by atoms with Crippen molar-refractivity contribution in [3.63, 3.8) is 0 Å². The summed E-state index contributed by atoms with van der Waals surface area (Å²) in [5.41, 5.74) is 4.34. The summed E-state index contributed by atoms with van der Waals surface area (Å²) >= 11 is 0. The van der Waals surface area contributed by atoms with Gasteiger partial charge in [-0.1, -0.05) is 54.1 Å². The molecule has 0 saturated heterocycles. The van der Waals surface area contributed by atoms with Crippen LogP contribution in [0.3, 0.4) is 0 Å². The molecule has 0 amide bonds. The van der Waals surface area contributed by atoms with E-state index in [2.05, 4.69) is 13.0 Å². The topological polar surface area (TPSA) is 37.3 Å². The van der Waals surface area contributed by atoms with E-state index in [-0.39, 0.29) is 0 Å². The Kier molecular flexibility index (Phi) is 3.22. The molecule has 3 rings (SSSR count). The number of fused-ring (bicyclic) bond motifs is 1. The summed E-state index contributed by atoms with van der Waals surface area (Å²) in [6.45, 7) is 4.05. The van der Waals surface area contributed by atoms with Crippen LogP contribution in [0.4, 0.5) is 0 Å². The van der Waals surface area contributed by atoms with E-state index in [1.54, 1.807) is 6.07 Å². The normalized spacial score (nSPS) is 10.8. The van der Waals surface area contributed by atoms with Gasteiger partial charge in [0, 0.05) is 0 Å². The Morgan fingerprint density at radius 2 is 1.57 bits per heavy atom. The van der Waals surface area contributed by atoms with Crippen molar-refractivity contribution < 1.29 is 9.90 Å². The molecule has 3 aromatic carbocycles. The molecule has 0 saturated carbocycles. The lowest BCUT2D eigenvalue weighted by Gasteiger charge is -2.12. The van der Waals surface area contributed by atoms with Crippen LogP contribution in [0.5, 0.6) is 0 Å². The number of carbonyl (C=O) groups is 1. The monoisotopic (exact) mass is 276 g/mol. The molecule has 0 atom stereocenters. The molecule has 0 fully saturated rings. The van der Waals surface area contributed by atoms with Crippen molar-refractivity contribution in [2.24, 2.45) is 0 Å². The standard InChI is InChI=1S/C19H16O2/c1-12-7-9-17(19(20)21)18(11-12)16-10-8-13(2)14-5-3-4-6-15(14)16/h3-11H,1-2H3,(H,20,21). The number of aromatic carboxylic acids is 1. The highest BCUT2D eigenvalue weighted by Crippen LogP contribution is 2.33. The third-order valence-electron chi connectivity index (χ3n) is 3.84. The Morgan fingerprint density at radius 3 is 2.29 bits per heavy atom. The zero-order valence-corrected chi connectivity index (χ0v) is 12.1. The van der Waals surface area contributed by atoms with E-state index in [0.29, 0.717) is 5.56 Å². The van der Waals surface area contributed by atoms with E-state index in [4.69, 9.17) is 0 Å². The average molecular weight is 276 g/mol. The number of benzene rings is 3. The van der Waals surface area contributed by atoms with Crippen LogP contribution in [0.25, 0.3) is 21.9 Å². The van der Waals surface area contributed by atoms with Gasteiger partial charge in [0.2, 0.25) is 0 Å². The van der Waals surface area contributed by atoms with Gasteiger partial charge in [0.15, 0.2) is 0 Å². The van der Waals surface area contributed by atoms with Gasteiger partial charge in [-0.15, -0.1) is 0 Å². The molecule has 0 aliphatic heterocycles. The van der Waals surface area contributed by atoms with Crippen LogP contribution < -0.4 is 0 Å². The number of hydrogen-bond acceptors (Lipinski definition) is 1. The van der Waals surface area contributed by atoms with E-state index in [1.807, 2.05) is 49.4 Å². The fourth-order valence-corrected chi connectivity index (χ4v) is 2.75. The van der Waals surface area contributed by atoms with Crippen LogP contribution in [-0.4, -0.2) is 11.1 Å². The molecule has 0 spiro atoms. The van der Waals surface area contributed by atoms with Gasteiger partial charge in [0.05, 0.1) is 5.56 Å². The quantitative estimate of drug-likeness (QED) is 0.728. The van der Waals surface area contributed by atoms with Gasteiger partial charge in [0.25, 0.3) is 0 Å². The molecule has 0 aromatic heterocycles. The lowest BCUT2D eigenvalue weighted by Crippen LogP contribution is -2.00. The third kappa shape index (κ3) is 2.29. The van der Waals surface area contributed by atoms with Crippen LogP contribution in [0.1, 0.15) is 21.5 Å². The molecule has 0 heterocycles. The smallest absolute Gasteiger partial charge is 0.336 e. The summed E-state index contributed by atoms with van der Waals surface area (Å²) < 4.78 is 0. The molecular formula is C19H16O2. The second-order valence-corrected chi connectivity index (χ2v) is 5.33. The predicted molar refractivity (Wildman–Crippen MR) is 85.8 cm³/mol. The van der Waals surface area contributed by atoms with Gasteiger partial charge >= 0.3 is 5.97 Å². The van der Waals surface area contributed by atoms with Gasteiger partial charge in [-0.2, -0.15) is 0 Å². The van der Waals surface area contributed by atoms with Crippen LogP contribution in [0.2, 0.25) is 0 Å². The van der Waals surface area contributed by atoms with Crippen molar-refractivity contribution in [2.75, 3.05) is 0 Å². The summed E-state index contributed by atoms with van der Waals surface area (Å²) in [5, 5.41) is 11.7. The minimum atomic E-state index is -0.894. The molecule has 0 aliphatic carbocycles. The Hall–Kier alpha value is -2.61. The molecule has 2 heteroatoms. The minimum absolute atomic E-state index is 0.342. The van der Waals surface area contributed by atoms with Gasteiger partial charge in [-0.05, 0) is 47.4 Å². The first-order valence-electron chi connectivity index (χ1n) is 6.90. The zero-order valence-electron chi connectivity index (χ0n) is 12.1. The molecule has 1 N–H and O–H groups in total. The van der Waals surface area contributed by atoms with Crippen molar-refractivity contribution in [1.82, 2.24) is 0 Å². The Labute approximate surface area is 123 Å². The van der Waals surface area contributed by atoms with E-state index in [0.717, 1.165) is 27.5 Å². The van der Waals surface area contributed by atoms with Crippen molar-refractivity contribution in [3.05, 3.63) is 71.3 Å². The summed E-state index contributed by atoms with van der Waals surface area (Å²) in [6, 6.07) is 17.6. The third-order valence-corrected chi connectivity index (χ3v) is 3.84. The molecule has 0 radical (unpaired) electrons. The maximum Gasteiger partial charge on any atom is 0.336 e. The summed E-state index contributed by atoms with van der Waals surface area (Å²) in [4.78, 5) is 11.5. The van der Waals surface area contributed by atoms with Crippen LogP contribution in [0, 0.1) is 13.8 Å². The molecule has 21 heavy (non-hydrogen) atoms. The lowest BCUT2D eigenvalue weighted by atomic mass is 9.92. The van der Waals surface area contributed by atoms with Crippen LogP contribution in [0.15, 0.2) is 54.6 Å². The molecule has 0 unspecified atom stereocenters. The molecule has 2 nitrogen and oxygen atoms in total. The fraction of sp³-hybridized carbons (Fsp3) is 0.105. The minimum Gasteiger partial charge on any atom is -0.478 e. The fourth-order valence-electron chi connectivity index (χ4n) is 2.75. The van der Waals surface area contributed by atoms with Crippen molar-refractivity contribution in [1.29, 1.82) is 0 Å². The lowest BCUT2D eigenvalue weighted by molar-refractivity contribution is 0.0698. The SMILES string of the molecule is Cc1ccc(C(=O)O)c(-c2ccc(C)c3ccccc23)c1. The number of hydrogen-bond donors (Lipinski definition) is 1. The summed E-state index contributed by atoms with van der Waals surface area (Å²) in [5.74, 6) is -0.894. The van der Waals surface area contributed by atoms with E-state index in [9.17, 15) is 9.90 Å². The Bertz CT molecular complexity index is 847. The van der Waals surface area contributed by atoms with Crippen LogP contribution in [-0.2, 0) is 0 Å². The number of carboxylic acids is 1. The predicted octanol–water partition coefficient (Wildman–Crippen LogP) is 4.82. The van der Waals surface area contributed by atoms with Gasteiger partial charge in [-0.3, -0.25) is 0 Å². The number of rotatable bonds is 2. The summed E-state index contributed by atoms with van der Waals surface area (Å²) in [7, 11) is 0. The molecule has 104 valence electrons. The average Bonchev–Trinajstić information content (AvgIpc) is 2.47. The zero-order chi connectivity index (χ0) is 15.0. The van der Waals surface area contributed by atoms with Crippen molar-refractivity contribution >= 4 is 16.7 Å². The van der Waals surface area contributed by atoms with Crippen molar-refractivity contribution in [2.45, 2.75) is 13.8 Å². The Balaban J connectivity index is 2.39. The highest BCUT2D eigenvalue weighted by atomic mass is 16.4. The number of carboxylic acid groups (broad SMARTS) is 1. The van der Waals surface area contributed by atoms with E-state index < -0.39 is 5.97 Å². The Morgan fingerprint density at radius 1 is 0.857 bits per heavy atom. The largest absolute Gasteiger partial charge is 0.478 e. The molecule has 3 aromatic rings. The maximum atomic E-state index is 11.5. The number of aryl methyl sites for hydroxylation is 2. The first kappa shape index (κ1) is 13.4. The van der Waals surface area contributed by atoms with Gasteiger partial charge in [-0.25, -0.2) is 4.79 Å². The van der Waals surface area contributed by atoms with Gasteiger partial charge in [0.1, 0.15) is 0 Å². The second kappa shape index (κ2) is 5.06.